The van der Waals surface area contributed by atoms with Crippen LogP contribution in [-0.2, 0) is 4.79 Å². The van der Waals surface area contributed by atoms with Gasteiger partial charge in [0.15, 0.2) is 0 Å². The van der Waals surface area contributed by atoms with Gasteiger partial charge in [-0.1, -0.05) is 20.8 Å². The molecule has 3 nitrogen and oxygen atoms in total. The van der Waals surface area contributed by atoms with E-state index in [9.17, 15) is 4.79 Å². The first kappa shape index (κ1) is 12.2. The van der Waals surface area contributed by atoms with Crippen molar-refractivity contribution in [1.82, 2.24) is 5.32 Å². The van der Waals surface area contributed by atoms with Crippen molar-refractivity contribution >= 4 is 17.7 Å². The molecule has 1 aliphatic heterocycles. The standard InChI is InChI=1S/C12H21NO2S/c1-8-4-11(2,3)7-12(5-8)13-9(6-16-12)10(14)15/h8-9,13H,4-7H2,1-3H3,(H,14,15). The van der Waals surface area contributed by atoms with Crippen molar-refractivity contribution < 1.29 is 9.90 Å². The summed E-state index contributed by atoms with van der Waals surface area (Å²) in [6.07, 6.45) is 3.43. The lowest BCUT2D eigenvalue weighted by molar-refractivity contribution is -0.139. The van der Waals surface area contributed by atoms with Crippen LogP contribution in [0.5, 0.6) is 0 Å². The molecule has 1 aliphatic carbocycles. The average Bonchev–Trinajstić information content (AvgIpc) is 2.44. The van der Waals surface area contributed by atoms with Crippen LogP contribution < -0.4 is 5.32 Å². The van der Waals surface area contributed by atoms with Crippen LogP contribution in [0.3, 0.4) is 0 Å². The quantitative estimate of drug-likeness (QED) is 0.742. The maximum atomic E-state index is 11.0. The average molecular weight is 243 g/mol. The fraction of sp³-hybridized carbons (Fsp3) is 0.917. The Morgan fingerprint density at radius 1 is 1.44 bits per heavy atom. The minimum atomic E-state index is -0.708. The first-order valence-corrected chi connectivity index (χ1v) is 6.95. The van der Waals surface area contributed by atoms with Gasteiger partial charge in [0.1, 0.15) is 6.04 Å². The third-order valence-corrected chi connectivity index (χ3v) is 5.09. The predicted molar refractivity (Wildman–Crippen MR) is 66.5 cm³/mol. The summed E-state index contributed by atoms with van der Waals surface area (Å²) in [4.78, 5) is 11.0. The normalized spacial score (nSPS) is 42.4. The van der Waals surface area contributed by atoms with Gasteiger partial charge in [0.05, 0.1) is 4.87 Å². The van der Waals surface area contributed by atoms with Gasteiger partial charge >= 0.3 is 5.97 Å². The summed E-state index contributed by atoms with van der Waals surface area (Å²) in [6, 6.07) is -0.355. The highest BCUT2D eigenvalue weighted by atomic mass is 32.2. The number of carboxylic acid groups (broad SMARTS) is 1. The molecule has 0 amide bonds. The highest BCUT2D eigenvalue weighted by Crippen LogP contribution is 2.51. The highest BCUT2D eigenvalue weighted by Gasteiger charge is 2.48. The molecule has 0 aromatic rings. The molecule has 0 aromatic carbocycles. The van der Waals surface area contributed by atoms with Gasteiger partial charge in [-0.25, -0.2) is 0 Å². The Kier molecular flexibility index (Phi) is 2.99. The second-order valence-corrected chi connectivity index (χ2v) is 7.60. The van der Waals surface area contributed by atoms with Crippen LogP contribution in [0.1, 0.15) is 40.0 Å². The van der Waals surface area contributed by atoms with E-state index in [0.29, 0.717) is 17.1 Å². The number of carboxylic acids is 1. The molecule has 3 atom stereocenters. The van der Waals surface area contributed by atoms with Gasteiger partial charge in [-0.15, -0.1) is 11.8 Å². The van der Waals surface area contributed by atoms with Crippen LogP contribution in [0, 0.1) is 11.3 Å². The monoisotopic (exact) mass is 243 g/mol. The first-order valence-electron chi connectivity index (χ1n) is 5.96. The van der Waals surface area contributed by atoms with Crippen molar-refractivity contribution in [3.8, 4) is 0 Å². The fourth-order valence-electron chi connectivity index (χ4n) is 3.49. The molecule has 0 bridgehead atoms. The fourth-order valence-corrected chi connectivity index (χ4v) is 5.32. The van der Waals surface area contributed by atoms with E-state index in [1.54, 1.807) is 0 Å². The minimum absolute atomic E-state index is 0.0181. The molecule has 1 spiro atoms. The Hall–Kier alpha value is -0.220. The van der Waals surface area contributed by atoms with Crippen molar-refractivity contribution in [3.63, 3.8) is 0 Å². The molecule has 1 saturated carbocycles. The summed E-state index contributed by atoms with van der Waals surface area (Å²) in [5, 5.41) is 12.4. The predicted octanol–water partition coefficient (Wildman–Crippen LogP) is 2.32. The van der Waals surface area contributed by atoms with Gasteiger partial charge in [-0.05, 0) is 30.6 Å². The zero-order valence-corrected chi connectivity index (χ0v) is 11.1. The highest BCUT2D eigenvalue weighted by molar-refractivity contribution is 8.01. The van der Waals surface area contributed by atoms with E-state index >= 15 is 0 Å². The molecule has 1 saturated heterocycles. The van der Waals surface area contributed by atoms with Crippen molar-refractivity contribution in [2.75, 3.05) is 5.75 Å². The summed E-state index contributed by atoms with van der Waals surface area (Å²) in [5.74, 6) is 0.676. The smallest absolute Gasteiger partial charge is 0.321 e. The van der Waals surface area contributed by atoms with Crippen LogP contribution in [-0.4, -0.2) is 27.7 Å². The second kappa shape index (κ2) is 3.91. The molecule has 3 unspecified atom stereocenters. The molecule has 2 rings (SSSR count). The molecule has 2 N–H and O–H groups in total. The van der Waals surface area contributed by atoms with Crippen molar-refractivity contribution in [3.05, 3.63) is 0 Å². The maximum absolute atomic E-state index is 11.0. The lowest BCUT2D eigenvalue weighted by Gasteiger charge is -2.45. The Morgan fingerprint density at radius 3 is 2.62 bits per heavy atom. The number of thioether (sulfide) groups is 1. The number of rotatable bonds is 1. The van der Waals surface area contributed by atoms with E-state index in [2.05, 4.69) is 26.1 Å². The number of hydrogen-bond acceptors (Lipinski definition) is 3. The number of carbonyl (C=O) groups is 1. The van der Waals surface area contributed by atoms with Crippen LogP contribution in [0.4, 0.5) is 0 Å². The zero-order chi connectivity index (χ0) is 12.0. The molecular weight excluding hydrogens is 222 g/mol. The van der Waals surface area contributed by atoms with Gasteiger partial charge in [-0.3, -0.25) is 10.1 Å². The SMILES string of the molecule is CC1CC(C)(C)CC2(C1)NC(C(=O)O)CS2. The molecule has 2 aliphatic rings. The summed E-state index contributed by atoms with van der Waals surface area (Å²) >= 11 is 1.82. The van der Waals surface area contributed by atoms with Crippen molar-refractivity contribution in [1.29, 1.82) is 0 Å². The van der Waals surface area contributed by atoms with Crippen LogP contribution >= 0.6 is 11.8 Å². The summed E-state index contributed by atoms with van der Waals surface area (Å²) < 4.78 is 0. The van der Waals surface area contributed by atoms with E-state index in [1.807, 2.05) is 11.8 Å². The summed E-state index contributed by atoms with van der Waals surface area (Å²) in [7, 11) is 0. The molecule has 16 heavy (non-hydrogen) atoms. The molecule has 0 aromatic heterocycles. The van der Waals surface area contributed by atoms with Crippen LogP contribution in [0.15, 0.2) is 0 Å². The van der Waals surface area contributed by atoms with E-state index in [4.69, 9.17) is 5.11 Å². The van der Waals surface area contributed by atoms with Gasteiger partial charge in [0.2, 0.25) is 0 Å². The van der Waals surface area contributed by atoms with Crippen LogP contribution in [0.25, 0.3) is 0 Å². The Bertz CT molecular complexity index is 305. The maximum Gasteiger partial charge on any atom is 0.321 e. The summed E-state index contributed by atoms with van der Waals surface area (Å²) in [6.45, 7) is 6.86. The zero-order valence-electron chi connectivity index (χ0n) is 10.2. The van der Waals surface area contributed by atoms with E-state index < -0.39 is 5.97 Å². The van der Waals surface area contributed by atoms with Gasteiger partial charge in [0.25, 0.3) is 0 Å². The van der Waals surface area contributed by atoms with E-state index in [0.717, 1.165) is 12.8 Å². The van der Waals surface area contributed by atoms with Gasteiger partial charge < -0.3 is 5.11 Å². The molecule has 2 fully saturated rings. The Balaban J connectivity index is 2.11. The second-order valence-electron chi connectivity index (χ2n) is 6.19. The molecule has 1 heterocycles. The lowest BCUT2D eigenvalue weighted by Crippen LogP contribution is -2.51. The Labute approximate surface area is 101 Å². The number of hydrogen-bond donors (Lipinski definition) is 2. The van der Waals surface area contributed by atoms with E-state index in [1.165, 1.54) is 6.42 Å². The lowest BCUT2D eigenvalue weighted by atomic mass is 9.70. The topological polar surface area (TPSA) is 49.3 Å². The Morgan fingerprint density at radius 2 is 2.12 bits per heavy atom. The molecule has 0 radical (unpaired) electrons. The summed E-state index contributed by atoms with van der Waals surface area (Å²) in [5.41, 5.74) is 0.324. The van der Waals surface area contributed by atoms with Gasteiger partial charge in [0, 0.05) is 5.75 Å². The van der Waals surface area contributed by atoms with Gasteiger partial charge in [-0.2, -0.15) is 0 Å². The van der Waals surface area contributed by atoms with Crippen molar-refractivity contribution in [2.24, 2.45) is 11.3 Å². The largest absolute Gasteiger partial charge is 0.480 e. The number of nitrogens with one attached hydrogen (secondary N) is 1. The van der Waals surface area contributed by atoms with Crippen molar-refractivity contribution in [2.45, 2.75) is 50.9 Å². The third kappa shape index (κ3) is 2.38. The van der Waals surface area contributed by atoms with E-state index in [-0.39, 0.29) is 10.9 Å². The molecular formula is C12H21NO2S. The third-order valence-electron chi connectivity index (χ3n) is 3.61. The molecule has 4 heteroatoms. The minimum Gasteiger partial charge on any atom is -0.480 e. The molecule has 92 valence electrons. The van der Waals surface area contributed by atoms with Crippen LogP contribution in [0.2, 0.25) is 0 Å². The first-order chi connectivity index (χ1) is 7.32. The number of aliphatic carboxylic acids is 1.